The molecule has 1 aromatic carbocycles. The van der Waals surface area contributed by atoms with Gasteiger partial charge in [0.2, 0.25) is 0 Å². The molecule has 114 valence electrons. The third kappa shape index (κ3) is 2.57. The predicted octanol–water partition coefficient (Wildman–Crippen LogP) is 2.95. The van der Waals surface area contributed by atoms with Crippen LogP contribution in [0.5, 0.6) is 0 Å². The normalized spacial score (nSPS) is 14.4. The van der Waals surface area contributed by atoms with Crippen molar-refractivity contribution in [3.63, 3.8) is 0 Å². The summed E-state index contributed by atoms with van der Waals surface area (Å²) < 4.78 is 14.1. The van der Waals surface area contributed by atoms with Crippen LogP contribution < -0.4 is 0 Å². The summed E-state index contributed by atoms with van der Waals surface area (Å²) in [6.07, 6.45) is 1.78. The van der Waals surface area contributed by atoms with E-state index < -0.39 is 10.8 Å². The number of benzene rings is 1. The molecular weight excluding hydrogens is 306 g/mol. The fourth-order valence-electron chi connectivity index (χ4n) is 2.81. The van der Waals surface area contributed by atoms with E-state index in [0.29, 0.717) is 6.54 Å². The highest BCUT2D eigenvalue weighted by atomic mass is 32.2. The topological polar surface area (TPSA) is 44.1 Å². The van der Waals surface area contributed by atoms with Crippen molar-refractivity contribution in [3.8, 4) is 17.5 Å². The average molecular weight is 321 g/mol. The highest BCUT2D eigenvalue weighted by Gasteiger charge is 2.25. The summed E-state index contributed by atoms with van der Waals surface area (Å²) in [4.78, 5) is 7.55. The van der Waals surface area contributed by atoms with Crippen LogP contribution in [0.1, 0.15) is 21.8 Å². The Balaban J connectivity index is 1.80. The lowest BCUT2D eigenvalue weighted by molar-refractivity contribution is 0.321. The van der Waals surface area contributed by atoms with Crippen molar-refractivity contribution in [2.75, 3.05) is 7.05 Å². The molecule has 1 aliphatic rings. The van der Waals surface area contributed by atoms with Crippen LogP contribution in [0, 0.1) is 11.8 Å². The molecule has 0 saturated carbocycles. The second-order valence-corrected chi connectivity index (χ2v) is 6.97. The monoisotopic (exact) mass is 321 g/mol. The van der Waals surface area contributed by atoms with Crippen LogP contribution in [0.25, 0.3) is 5.69 Å². The quantitative estimate of drug-likeness (QED) is 0.472. The fraction of sp³-hybridized carbons (Fsp3) is 0.167. The SMILES string of the molecule is CN1Cc2c(C#Cc3ccccc3)ncn2-c2cc[s+]([O-])c2C1. The molecule has 1 aliphatic heterocycles. The molecule has 0 bridgehead atoms. The highest BCUT2D eigenvalue weighted by Crippen LogP contribution is 2.33. The maximum absolute atomic E-state index is 12.1. The van der Waals surface area contributed by atoms with Crippen molar-refractivity contribution in [3.05, 3.63) is 69.9 Å². The summed E-state index contributed by atoms with van der Waals surface area (Å²) in [5, 5.41) is 1.74. The lowest BCUT2D eigenvalue weighted by atomic mass is 10.2. The van der Waals surface area contributed by atoms with Gasteiger partial charge in [0, 0.05) is 18.2 Å². The third-order valence-electron chi connectivity index (χ3n) is 3.94. The van der Waals surface area contributed by atoms with E-state index in [1.807, 2.05) is 48.0 Å². The van der Waals surface area contributed by atoms with Crippen molar-refractivity contribution in [2.24, 2.45) is 0 Å². The molecule has 4 nitrogen and oxygen atoms in total. The van der Waals surface area contributed by atoms with Crippen LogP contribution >= 0.6 is 10.8 Å². The molecule has 0 amide bonds. The zero-order valence-electron chi connectivity index (χ0n) is 12.7. The van der Waals surface area contributed by atoms with E-state index >= 15 is 0 Å². The molecule has 23 heavy (non-hydrogen) atoms. The van der Waals surface area contributed by atoms with Crippen LogP contribution in [0.3, 0.4) is 0 Å². The Morgan fingerprint density at radius 3 is 2.78 bits per heavy atom. The Kier molecular flexibility index (Phi) is 3.50. The zero-order chi connectivity index (χ0) is 15.8. The summed E-state index contributed by atoms with van der Waals surface area (Å²) >= 11 is 0. The Morgan fingerprint density at radius 2 is 1.96 bits per heavy atom. The first-order valence-corrected chi connectivity index (χ1v) is 8.58. The molecule has 0 saturated heterocycles. The number of fused-ring (bicyclic) bond motifs is 3. The predicted molar refractivity (Wildman–Crippen MR) is 89.8 cm³/mol. The first-order chi connectivity index (χ1) is 11.2. The molecule has 4 rings (SSSR count). The molecule has 0 N–H and O–H groups in total. The van der Waals surface area contributed by atoms with E-state index in [2.05, 4.69) is 21.7 Å². The van der Waals surface area contributed by atoms with Crippen LogP contribution in [0.15, 0.2) is 48.1 Å². The largest absolute Gasteiger partial charge is 0.590 e. The number of aromatic nitrogens is 2. The van der Waals surface area contributed by atoms with Crippen LogP contribution in [-0.2, 0) is 13.1 Å². The van der Waals surface area contributed by atoms with E-state index in [1.54, 1.807) is 11.7 Å². The smallest absolute Gasteiger partial charge is 0.187 e. The maximum Gasteiger partial charge on any atom is 0.187 e. The van der Waals surface area contributed by atoms with Gasteiger partial charge in [-0.1, -0.05) is 24.1 Å². The Morgan fingerprint density at radius 1 is 1.13 bits per heavy atom. The summed E-state index contributed by atoms with van der Waals surface area (Å²) in [7, 11) is 0.995. The zero-order valence-corrected chi connectivity index (χ0v) is 13.5. The molecule has 5 heteroatoms. The van der Waals surface area contributed by atoms with Crippen molar-refractivity contribution < 1.29 is 4.55 Å². The molecule has 0 radical (unpaired) electrons. The highest BCUT2D eigenvalue weighted by molar-refractivity contribution is 7.24. The molecule has 0 fully saturated rings. The molecule has 1 atom stereocenters. The molecule has 2 aromatic heterocycles. The van der Waals surface area contributed by atoms with Gasteiger partial charge in [-0.25, -0.2) is 4.98 Å². The molecule has 0 spiro atoms. The molecular formula is C18H15N3OS. The summed E-state index contributed by atoms with van der Waals surface area (Å²) in [6, 6.07) is 11.8. The Labute approximate surface area is 137 Å². The van der Waals surface area contributed by atoms with Crippen molar-refractivity contribution in [1.29, 1.82) is 0 Å². The molecule has 3 heterocycles. The summed E-state index contributed by atoms with van der Waals surface area (Å²) in [6.45, 7) is 1.43. The van der Waals surface area contributed by atoms with Crippen molar-refractivity contribution in [1.82, 2.24) is 14.5 Å². The van der Waals surface area contributed by atoms with Crippen LogP contribution in [0.4, 0.5) is 0 Å². The van der Waals surface area contributed by atoms with Gasteiger partial charge in [0.25, 0.3) is 0 Å². The van der Waals surface area contributed by atoms with Gasteiger partial charge in [0.05, 0.1) is 12.2 Å². The second kappa shape index (κ2) is 5.67. The lowest BCUT2D eigenvalue weighted by Gasteiger charge is -2.11. The van der Waals surface area contributed by atoms with Gasteiger partial charge in [0.1, 0.15) is 23.1 Å². The Hall–Kier alpha value is -2.39. The van der Waals surface area contributed by atoms with Gasteiger partial charge in [0.15, 0.2) is 4.88 Å². The van der Waals surface area contributed by atoms with Gasteiger partial charge in [-0.05, 0) is 35.9 Å². The van der Waals surface area contributed by atoms with Gasteiger partial charge < -0.3 is 4.55 Å². The van der Waals surface area contributed by atoms with E-state index in [4.69, 9.17) is 0 Å². The standard InChI is InChI=1S/C18H15N3OS/c1-20-11-17-15(8-7-14-5-3-2-4-6-14)19-13-21(17)16-9-10-23(22)18(16)12-20/h2-6,9-10,13H,11-12H2,1H3. The first kappa shape index (κ1) is 14.2. The number of imidazole rings is 1. The minimum absolute atomic E-state index is 0.697. The van der Waals surface area contributed by atoms with E-state index in [-0.39, 0.29) is 0 Å². The second-order valence-electron chi connectivity index (χ2n) is 5.61. The Bertz CT molecular complexity index is 915. The fourth-order valence-corrected chi connectivity index (χ4v) is 3.95. The van der Waals surface area contributed by atoms with Crippen molar-refractivity contribution in [2.45, 2.75) is 13.1 Å². The number of nitrogens with zero attached hydrogens (tertiary/aromatic N) is 3. The third-order valence-corrected chi connectivity index (χ3v) is 5.14. The molecule has 3 aromatic rings. The van der Waals surface area contributed by atoms with Crippen molar-refractivity contribution >= 4 is 10.8 Å². The van der Waals surface area contributed by atoms with Crippen LogP contribution in [0.2, 0.25) is 0 Å². The number of thiophene rings is 1. The molecule has 1 unspecified atom stereocenters. The van der Waals surface area contributed by atoms with Gasteiger partial charge in [-0.15, -0.1) is 0 Å². The summed E-state index contributed by atoms with van der Waals surface area (Å²) in [5.41, 5.74) is 3.77. The maximum atomic E-state index is 12.1. The number of hydrogen-bond acceptors (Lipinski definition) is 3. The minimum atomic E-state index is -1.03. The molecule has 0 aliphatic carbocycles. The van der Waals surface area contributed by atoms with Crippen LogP contribution in [-0.4, -0.2) is 26.1 Å². The summed E-state index contributed by atoms with van der Waals surface area (Å²) in [5.74, 6) is 6.34. The lowest BCUT2D eigenvalue weighted by Crippen LogP contribution is -2.16. The first-order valence-electron chi connectivity index (χ1n) is 7.36. The minimum Gasteiger partial charge on any atom is -0.590 e. The van der Waals surface area contributed by atoms with E-state index in [0.717, 1.165) is 34.1 Å². The van der Waals surface area contributed by atoms with E-state index in [1.165, 1.54) is 0 Å². The number of rotatable bonds is 0. The van der Waals surface area contributed by atoms with Gasteiger partial charge in [-0.3, -0.25) is 9.47 Å². The average Bonchev–Trinajstić information content (AvgIpc) is 3.07. The van der Waals surface area contributed by atoms with E-state index in [9.17, 15) is 4.55 Å². The van der Waals surface area contributed by atoms with Gasteiger partial charge in [-0.2, -0.15) is 0 Å². The number of hydrogen-bond donors (Lipinski definition) is 0. The van der Waals surface area contributed by atoms with Gasteiger partial charge >= 0.3 is 0 Å².